The number of nitrogens with two attached hydrogens (primary N) is 1. The van der Waals surface area contributed by atoms with Gasteiger partial charge in [0.25, 0.3) is 5.91 Å². The molecule has 5 heteroatoms. The molecular formula is C21H21N3O2. The molecule has 5 nitrogen and oxygen atoms in total. The van der Waals surface area contributed by atoms with Crippen LogP contribution in [0.4, 0.5) is 0 Å². The topological polar surface area (TPSA) is 77.1 Å². The molecule has 26 heavy (non-hydrogen) atoms. The van der Waals surface area contributed by atoms with Crippen LogP contribution in [0.1, 0.15) is 37.7 Å². The Morgan fingerprint density at radius 1 is 0.923 bits per heavy atom. The van der Waals surface area contributed by atoms with E-state index in [9.17, 15) is 9.59 Å². The van der Waals surface area contributed by atoms with E-state index < -0.39 is 5.91 Å². The molecule has 3 N–H and O–H groups in total. The molecule has 3 aromatic rings. The van der Waals surface area contributed by atoms with Crippen LogP contribution in [0.2, 0.25) is 0 Å². The molecule has 1 aromatic heterocycles. The Morgan fingerprint density at radius 2 is 1.58 bits per heavy atom. The summed E-state index contributed by atoms with van der Waals surface area (Å²) in [6.07, 6.45) is 0. The highest BCUT2D eigenvalue weighted by Crippen LogP contribution is 2.17. The summed E-state index contributed by atoms with van der Waals surface area (Å²) < 4.78 is 2.14. The van der Waals surface area contributed by atoms with Crippen LogP contribution in [-0.4, -0.2) is 16.4 Å². The molecule has 0 saturated heterocycles. The Labute approximate surface area is 152 Å². The number of benzene rings is 2. The largest absolute Gasteiger partial charge is 0.366 e. The van der Waals surface area contributed by atoms with Crippen molar-refractivity contribution in [1.29, 1.82) is 0 Å². The van der Waals surface area contributed by atoms with Gasteiger partial charge in [0.2, 0.25) is 5.91 Å². The SMILES string of the molecule is Cc1ccc(C)n1-c1ccc(C(=O)NCc2cccc(C(N)=O)c2)cc1. The van der Waals surface area contributed by atoms with Gasteiger partial charge in [0.05, 0.1) is 0 Å². The fourth-order valence-corrected chi connectivity index (χ4v) is 2.96. The zero-order valence-corrected chi connectivity index (χ0v) is 14.8. The Hall–Kier alpha value is -3.34. The average molecular weight is 347 g/mol. The maximum absolute atomic E-state index is 12.4. The molecule has 0 bridgehead atoms. The number of hydrogen-bond donors (Lipinski definition) is 2. The fraction of sp³-hybridized carbons (Fsp3) is 0.143. The van der Waals surface area contributed by atoms with Crippen LogP contribution in [0, 0.1) is 13.8 Å². The van der Waals surface area contributed by atoms with Gasteiger partial charge in [0.1, 0.15) is 0 Å². The van der Waals surface area contributed by atoms with Gasteiger partial charge in [-0.1, -0.05) is 12.1 Å². The summed E-state index contributed by atoms with van der Waals surface area (Å²) >= 11 is 0. The summed E-state index contributed by atoms with van der Waals surface area (Å²) in [5.41, 5.74) is 10.4. The second-order valence-corrected chi connectivity index (χ2v) is 6.25. The minimum absolute atomic E-state index is 0.165. The van der Waals surface area contributed by atoms with E-state index in [-0.39, 0.29) is 5.91 Å². The van der Waals surface area contributed by atoms with Crippen molar-refractivity contribution in [2.45, 2.75) is 20.4 Å². The Balaban J connectivity index is 1.69. The van der Waals surface area contributed by atoms with Gasteiger partial charge < -0.3 is 15.6 Å². The molecule has 0 aliphatic heterocycles. The first-order valence-electron chi connectivity index (χ1n) is 8.38. The Kier molecular flexibility index (Phi) is 4.89. The van der Waals surface area contributed by atoms with Gasteiger partial charge in [-0.25, -0.2) is 0 Å². The van der Waals surface area contributed by atoms with Gasteiger partial charge >= 0.3 is 0 Å². The lowest BCUT2D eigenvalue weighted by atomic mass is 10.1. The van der Waals surface area contributed by atoms with Crippen molar-refractivity contribution in [1.82, 2.24) is 9.88 Å². The predicted molar refractivity (Wildman–Crippen MR) is 101 cm³/mol. The van der Waals surface area contributed by atoms with Crippen LogP contribution in [0.25, 0.3) is 5.69 Å². The minimum Gasteiger partial charge on any atom is -0.366 e. The van der Waals surface area contributed by atoms with Crippen molar-refractivity contribution >= 4 is 11.8 Å². The Bertz CT molecular complexity index is 936. The smallest absolute Gasteiger partial charge is 0.251 e. The monoisotopic (exact) mass is 347 g/mol. The highest BCUT2D eigenvalue weighted by molar-refractivity contribution is 5.94. The maximum atomic E-state index is 12.4. The minimum atomic E-state index is -0.482. The van der Waals surface area contributed by atoms with Crippen LogP contribution in [-0.2, 0) is 6.54 Å². The number of hydrogen-bond acceptors (Lipinski definition) is 2. The van der Waals surface area contributed by atoms with Gasteiger partial charge in [-0.15, -0.1) is 0 Å². The highest BCUT2D eigenvalue weighted by Gasteiger charge is 2.08. The number of aryl methyl sites for hydroxylation is 2. The lowest BCUT2D eigenvalue weighted by Crippen LogP contribution is -2.23. The van der Waals surface area contributed by atoms with Crippen LogP contribution >= 0.6 is 0 Å². The lowest BCUT2D eigenvalue weighted by Gasteiger charge is -2.11. The predicted octanol–water partition coefficient (Wildman–Crippen LogP) is 3.12. The van der Waals surface area contributed by atoms with E-state index >= 15 is 0 Å². The number of carbonyl (C=O) groups excluding carboxylic acids is 2. The van der Waals surface area contributed by atoms with Crippen LogP contribution in [0.3, 0.4) is 0 Å². The standard InChI is InChI=1S/C21H21N3O2/c1-14-6-7-15(2)24(14)19-10-8-17(9-11-19)21(26)23-13-16-4-3-5-18(12-16)20(22)25/h3-12H,13H2,1-2H3,(H2,22,25)(H,23,26). The molecule has 1 heterocycles. The van der Waals surface area contributed by atoms with Crippen molar-refractivity contribution in [3.05, 3.63) is 88.7 Å². The van der Waals surface area contributed by atoms with Crippen molar-refractivity contribution in [2.75, 3.05) is 0 Å². The molecule has 0 unspecified atom stereocenters. The van der Waals surface area contributed by atoms with Crippen LogP contribution < -0.4 is 11.1 Å². The quantitative estimate of drug-likeness (QED) is 0.744. The number of nitrogens with zero attached hydrogens (tertiary/aromatic N) is 1. The third-order valence-corrected chi connectivity index (χ3v) is 4.32. The molecule has 0 aliphatic rings. The molecule has 0 spiro atoms. The van der Waals surface area contributed by atoms with E-state index in [1.54, 1.807) is 18.2 Å². The van der Waals surface area contributed by atoms with E-state index in [4.69, 9.17) is 5.73 Å². The first-order chi connectivity index (χ1) is 12.5. The summed E-state index contributed by atoms with van der Waals surface area (Å²) in [5.74, 6) is -0.647. The molecule has 2 aromatic carbocycles. The molecule has 3 rings (SSSR count). The molecular weight excluding hydrogens is 326 g/mol. The van der Waals surface area contributed by atoms with E-state index in [0.29, 0.717) is 17.7 Å². The van der Waals surface area contributed by atoms with Crippen LogP contribution in [0.5, 0.6) is 0 Å². The van der Waals surface area contributed by atoms with E-state index in [1.807, 2.05) is 44.2 Å². The summed E-state index contributed by atoms with van der Waals surface area (Å²) in [4.78, 5) is 23.6. The number of nitrogens with one attached hydrogen (secondary N) is 1. The van der Waals surface area contributed by atoms with Crippen molar-refractivity contribution < 1.29 is 9.59 Å². The Morgan fingerprint density at radius 3 is 2.19 bits per heavy atom. The molecule has 0 saturated carbocycles. The maximum Gasteiger partial charge on any atom is 0.251 e. The normalized spacial score (nSPS) is 10.5. The molecule has 0 fully saturated rings. The summed E-state index contributed by atoms with van der Waals surface area (Å²) in [7, 11) is 0. The van der Waals surface area contributed by atoms with Crippen LogP contribution in [0.15, 0.2) is 60.7 Å². The summed E-state index contributed by atoms with van der Waals surface area (Å²) in [6, 6.07) is 18.5. The number of amides is 2. The number of primary amides is 1. The number of rotatable bonds is 5. The molecule has 132 valence electrons. The van der Waals surface area contributed by atoms with Gasteiger partial charge in [0.15, 0.2) is 0 Å². The lowest BCUT2D eigenvalue weighted by molar-refractivity contribution is 0.0950. The second-order valence-electron chi connectivity index (χ2n) is 6.25. The third-order valence-electron chi connectivity index (χ3n) is 4.32. The summed E-state index contributed by atoms with van der Waals surface area (Å²) in [5, 5.41) is 2.86. The zero-order valence-electron chi connectivity index (χ0n) is 14.8. The van der Waals surface area contributed by atoms with Gasteiger partial charge in [0, 0.05) is 34.7 Å². The van der Waals surface area contributed by atoms with Crippen molar-refractivity contribution in [3.63, 3.8) is 0 Å². The first kappa shape index (κ1) is 17.5. The van der Waals surface area contributed by atoms with Crippen molar-refractivity contribution in [2.24, 2.45) is 5.73 Å². The summed E-state index contributed by atoms with van der Waals surface area (Å²) in [6.45, 7) is 4.43. The van der Waals surface area contributed by atoms with E-state index in [1.165, 1.54) is 0 Å². The second kappa shape index (κ2) is 7.27. The zero-order chi connectivity index (χ0) is 18.7. The first-order valence-corrected chi connectivity index (χ1v) is 8.38. The van der Waals surface area contributed by atoms with Gasteiger partial charge in [-0.3, -0.25) is 9.59 Å². The van der Waals surface area contributed by atoms with E-state index in [0.717, 1.165) is 22.6 Å². The highest BCUT2D eigenvalue weighted by atomic mass is 16.2. The van der Waals surface area contributed by atoms with E-state index in [2.05, 4.69) is 22.0 Å². The van der Waals surface area contributed by atoms with Crippen molar-refractivity contribution in [3.8, 4) is 5.69 Å². The number of carbonyl (C=O) groups is 2. The average Bonchev–Trinajstić information content (AvgIpc) is 2.98. The molecule has 0 aliphatic carbocycles. The molecule has 0 atom stereocenters. The van der Waals surface area contributed by atoms with Gasteiger partial charge in [-0.2, -0.15) is 0 Å². The van der Waals surface area contributed by atoms with Gasteiger partial charge in [-0.05, 0) is 67.9 Å². The number of aromatic nitrogens is 1. The molecule has 2 amide bonds. The third kappa shape index (κ3) is 3.67. The fourth-order valence-electron chi connectivity index (χ4n) is 2.96. The molecule has 0 radical (unpaired) electrons.